The zero-order valence-electron chi connectivity index (χ0n) is 9.27. The van der Waals surface area contributed by atoms with Crippen molar-refractivity contribution in [2.45, 2.75) is 12.6 Å². The lowest BCUT2D eigenvalue weighted by Gasteiger charge is -2.13. The molecule has 1 aromatic rings. The first kappa shape index (κ1) is 12.5. The molecule has 0 aliphatic heterocycles. The summed E-state index contributed by atoms with van der Waals surface area (Å²) in [6.45, 7) is 0.299. The number of rotatable bonds is 5. The minimum Gasteiger partial charge on any atom is -0.497 e. The van der Waals surface area contributed by atoms with Gasteiger partial charge in [-0.25, -0.2) is 0 Å². The van der Waals surface area contributed by atoms with Gasteiger partial charge in [0.2, 0.25) is 0 Å². The van der Waals surface area contributed by atoms with Crippen molar-refractivity contribution in [1.82, 2.24) is 0 Å². The summed E-state index contributed by atoms with van der Waals surface area (Å²) in [6.07, 6.45) is 0. The van der Waals surface area contributed by atoms with Crippen molar-refractivity contribution >= 4 is 5.97 Å². The van der Waals surface area contributed by atoms with Crippen LogP contribution in [0.25, 0.3) is 0 Å². The number of carboxylic acid groups (broad SMARTS) is 1. The maximum Gasteiger partial charge on any atom is 0.325 e. The van der Waals surface area contributed by atoms with Gasteiger partial charge in [-0.05, 0) is 23.3 Å². The highest BCUT2D eigenvalue weighted by atomic mass is 16.5. The van der Waals surface area contributed by atoms with Gasteiger partial charge in [-0.3, -0.25) is 4.79 Å². The Balaban J connectivity index is 3.11. The topological polar surface area (TPSA) is 81.8 Å². The van der Waals surface area contributed by atoms with Crippen LogP contribution >= 0.6 is 0 Å². The van der Waals surface area contributed by atoms with Gasteiger partial charge in [-0.1, -0.05) is 6.07 Å². The number of carboxylic acids is 1. The molecule has 1 unspecified atom stereocenters. The molecule has 0 bridgehead atoms. The summed E-state index contributed by atoms with van der Waals surface area (Å²) in [5.41, 5.74) is 6.82. The third kappa shape index (κ3) is 2.71. The lowest BCUT2D eigenvalue weighted by Crippen LogP contribution is -2.22. The number of carbonyl (C=O) groups is 1. The van der Waals surface area contributed by atoms with E-state index in [1.807, 2.05) is 0 Å². The van der Waals surface area contributed by atoms with E-state index in [9.17, 15) is 4.79 Å². The van der Waals surface area contributed by atoms with Crippen LogP contribution in [0.3, 0.4) is 0 Å². The molecular formula is C11H15NO4. The number of hydrogen-bond acceptors (Lipinski definition) is 4. The van der Waals surface area contributed by atoms with Gasteiger partial charge in [0.05, 0.1) is 13.7 Å². The lowest BCUT2D eigenvalue weighted by molar-refractivity contribution is -0.138. The van der Waals surface area contributed by atoms with E-state index in [1.165, 1.54) is 7.11 Å². The highest BCUT2D eigenvalue weighted by Crippen LogP contribution is 2.22. The molecule has 0 aliphatic carbocycles. The largest absolute Gasteiger partial charge is 0.497 e. The Morgan fingerprint density at radius 2 is 2.19 bits per heavy atom. The molecule has 0 spiro atoms. The monoisotopic (exact) mass is 225 g/mol. The van der Waals surface area contributed by atoms with Crippen molar-refractivity contribution in [3.63, 3.8) is 0 Å². The van der Waals surface area contributed by atoms with Crippen LogP contribution in [0, 0.1) is 0 Å². The molecule has 0 saturated heterocycles. The van der Waals surface area contributed by atoms with E-state index in [4.69, 9.17) is 20.3 Å². The van der Waals surface area contributed by atoms with Crippen molar-refractivity contribution < 1.29 is 19.4 Å². The van der Waals surface area contributed by atoms with Crippen LogP contribution < -0.4 is 10.5 Å². The van der Waals surface area contributed by atoms with Gasteiger partial charge >= 0.3 is 5.97 Å². The summed E-state index contributed by atoms with van der Waals surface area (Å²) in [7, 11) is 3.08. The first-order chi connectivity index (χ1) is 7.60. The van der Waals surface area contributed by atoms with E-state index in [1.54, 1.807) is 25.3 Å². The molecular weight excluding hydrogens is 210 g/mol. The van der Waals surface area contributed by atoms with Gasteiger partial charge in [-0.2, -0.15) is 0 Å². The van der Waals surface area contributed by atoms with Crippen molar-refractivity contribution in [2.75, 3.05) is 14.2 Å². The Morgan fingerprint density at radius 1 is 1.50 bits per heavy atom. The molecule has 88 valence electrons. The fourth-order valence-electron chi connectivity index (χ4n) is 1.43. The molecule has 16 heavy (non-hydrogen) atoms. The molecule has 1 atom stereocenters. The van der Waals surface area contributed by atoms with Gasteiger partial charge in [-0.15, -0.1) is 0 Å². The van der Waals surface area contributed by atoms with E-state index in [-0.39, 0.29) is 0 Å². The summed E-state index contributed by atoms with van der Waals surface area (Å²) in [6, 6.07) is 4.00. The lowest BCUT2D eigenvalue weighted by atomic mass is 10.0. The Morgan fingerprint density at radius 3 is 2.69 bits per heavy atom. The number of methoxy groups -OCH3 is 2. The smallest absolute Gasteiger partial charge is 0.325 e. The highest BCUT2D eigenvalue weighted by molar-refractivity contribution is 5.75. The Kier molecular flexibility index (Phi) is 4.28. The normalized spacial score (nSPS) is 12.2. The first-order valence-electron chi connectivity index (χ1n) is 4.74. The number of ether oxygens (including phenoxy) is 2. The fraction of sp³-hybridized carbons (Fsp3) is 0.364. The maximum absolute atomic E-state index is 10.8. The van der Waals surface area contributed by atoms with Crippen LogP contribution in [0.5, 0.6) is 5.75 Å². The van der Waals surface area contributed by atoms with Crippen molar-refractivity contribution in [2.24, 2.45) is 5.73 Å². The molecule has 0 fully saturated rings. The number of aliphatic carboxylic acids is 1. The summed E-state index contributed by atoms with van der Waals surface area (Å²) in [5, 5.41) is 8.86. The standard InChI is InChI=1S/C11H15NO4/c1-15-6-7-5-8(16-2)3-4-9(7)10(12)11(13)14/h3-5,10H,6,12H2,1-2H3,(H,13,14). The van der Waals surface area contributed by atoms with Crippen LogP contribution in [0.1, 0.15) is 17.2 Å². The Labute approximate surface area is 93.8 Å². The van der Waals surface area contributed by atoms with Gasteiger partial charge in [0, 0.05) is 7.11 Å². The first-order valence-corrected chi connectivity index (χ1v) is 4.74. The number of nitrogens with two attached hydrogens (primary N) is 1. The van der Waals surface area contributed by atoms with E-state index in [0.29, 0.717) is 17.9 Å². The second-order valence-electron chi connectivity index (χ2n) is 3.31. The summed E-state index contributed by atoms with van der Waals surface area (Å²) < 4.78 is 10.0. The van der Waals surface area contributed by atoms with Gasteiger partial charge in [0.25, 0.3) is 0 Å². The molecule has 0 radical (unpaired) electrons. The third-order valence-electron chi connectivity index (χ3n) is 2.25. The average molecular weight is 225 g/mol. The Bertz CT molecular complexity index is 378. The number of hydrogen-bond donors (Lipinski definition) is 2. The van der Waals surface area contributed by atoms with Crippen LogP contribution in [0.4, 0.5) is 0 Å². The third-order valence-corrected chi connectivity index (χ3v) is 2.25. The molecule has 0 amide bonds. The molecule has 1 rings (SSSR count). The van der Waals surface area contributed by atoms with Crippen LogP contribution in [-0.2, 0) is 16.1 Å². The second-order valence-corrected chi connectivity index (χ2v) is 3.31. The van der Waals surface area contributed by atoms with Crippen LogP contribution in [0.15, 0.2) is 18.2 Å². The van der Waals surface area contributed by atoms with Crippen LogP contribution in [-0.4, -0.2) is 25.3 Å². The minimum atomic E-state index is -1.07. The fourth-order valence-corrected chi connectivity index (χ4v) is 1.43. The van der Waals surface area contributed by atoms with E-state index < -0.39 is 12.0 Å². The summed E-state index contributed by atoms with van der Waals surface area (Å²) in [5.74, 6) is -0.420. The molecule has 0 saturated carbocycles. The molecule has 0 aromatic heterocycles. The van der Waals surface area contributed by atoms with Crippen molar-refractivity contribution in [1.29, 1.82) is 0 Å². The SMILES string of the molecule is COCc1cc(OC)ccc1C(N)C(=O)O. The predicted molar refractivity (Wildman–Crippen MR) is 58.3 cm³/mol. The van der Waals surface area contributed by atoms with Gasteiger partial charge in [0.15, 0.2) is 0 Å². The zero-order valence-corrected chi connectivity index (χ0v) is 9.27. The van der Waals surface area contributed by atoms with E-state index in [2.05, 4.69) is 0 Å². The molecule has 3 N–H and O–H groups in total. The Hall–Kier alpha value is -1.59. The molecule has 0 aliphatic rings. The maximum atomic E-state index is 10.8. The number of benzene rings is 1. The molecule has 0 heterocycles. The van der Waals surface area contributed by atoms with Crippen LogP contribution in [0.2, 0.25) is 0 Å². The molecule has 1 aromatic carbocycles. The quantitative estimate of drug-likeness (QED) is 0.778. The second kappa shape index (κ2) is 5.48. The molecule has 5 nitrogen and oxygen atoms in total. The van der Waals surface area contributed by atoms with Gasteiger partial charge in [0.1, 0.15) is 11.8 Å². The summed E-state index contributed by atoms with van der Waals surface area (Å²) >= 11 is 0. The van der Waals surface area contributed by atoms with Crippen molar-refractivity contribution in [3.05, 3.63) is 29.3 Å². The van der Waals surface area contributed by atoms with E-state index in [0.717, 1.165) is 5.56 Å². The van der Waals surface area contributed by atoms with Gasteiger partial charge < -0.3 is 20.3 Å². The highest BCUT2D eigenvalue weighted by Gasteiger charge is 2.18. The predicted octanol–water partition coefficient (Wildman–Crippen LogP) is 0.926. The molecule has 5 heteroatoms. The average Bonchev–Trinajstić information content (AvgIpc) is 2.28. The zero-order chi connectivity index (χ0) is 12.1. The van der Waals surface area contributed by atoms with Crippen molar-refractivity contribution in [3.8, 4) is 5.75 Å². The summed E-state index contributed by atoms with van der Waals surface area (Å²) in [4.78, 5) is 10.8. The minimum absolute atomic E-state index is 0.299. The van der Waals surface area contributed by atoms with E-state index >= 15 is 0 Å².